The van der Waals surface area contributed by atoms with Crippen LogP contribution in [-0.4, -0.2) is 117 Å². The first-order valence-electron chi connectivity index (χ1n) is 15.4. The van der Waals surface area contributed by atoms with Crippen molar-refractivity contribution in [1.82, 2.24) is 14.5 Å². The fourth-order valence-electron chi connectivity index (χ4n) is 5.71. The number of sulfonamides is 1. The van der Waals surface area contributed by atoms with Gasteiger partial charge in [0.1, 0.15) is 24.4 Å². The maximum absolute atomic E-state index is 13.7. The first-order valence-corrected chi connectivity index (χ1v) is 16.8. The number of ether oxygens (including phenoxy) is 6. The van der Waals surface area contributed by atoms with E-state index in [1.54, 1.807) is 18.7 Å². The molecule has 3 heterocycles. The number of hydrogen-bond acceptors (Lipinski definition) is 11. The van der Waals surface area contributed by atoms with Crippen LogP contribution >= 0.6 is 0 Å². The molecule has 3 saturated heterocycles. The number of hydrogen-bond donors (Lipinski definition) is 1. The minimum atomic E-state index is -4.27. The van der Waals surface area contributed by atoms with Gasteiger partial charge in [-0.15, -0.1) is 0 Å². The van der Waals surface area contributed by atoms with Gasteiger partial charge >= 0.3 is 6.03 Å². The van der Waals surface area contributed by atoms with Crippen LogP contribution in [0.25, 0.3) is 0 Å². The van der Waals surface area contributed by atoms with Crippen molar-refractivity contribution in [3.05, 3.63) is 34.4 Å². The number of nitrogens with one attached hydrogen (secondary N) is 1. The van der Waals surface area contributed by atoms with Gasteiger partial charge in [-0.1, -0.05) is 12.1 Å². The van der Waals surface area contributed by atoms with E-state index in [4.69, 9.17) is 28.4 Å². The van der Waals surface area contributed by atoms with Crippen molar-refractivity contribution < 1.29 is 46.6 Å². The number of nitro benzene ring substituents is 1. The third-order valence-corrected chi connectivity index (χ3v) is 9.85. The number of benzene rings is 1. The van der Waals surface area contributed by atoms with Gasteiger partial charge in [0.25, 0.3) is 5.69 Å². The molecule has 1 aromatic carbocycles. The molecule has 0 aromatic heterocycles. The van der Waals surface area contributed by atoms with Crippen molar-refractivity contribution in [1.29, 1.82) is 0 Å². The molecule has 0 bridgehead atoms. The van der Waals surface area contributed by atoms with Crippen molar-refractivity contribution in [2.45, 2.75) is 102 Å². The highest BCUT2D eigenvalue weighted by molar-refractivity contribution is 7.89. The number of carbonyl (C=O) groups excluding carboxylic acids is 1. The summed E-state index contributed by atoms with van der Waals surface area (Å²) in [7, 11) is -4.27. The van der Waals surface area contributed by atoms with Crippen LogP contribution in [0.1, 0.15) is 54.4 Å². The molecule has 3 fully saturated rings. The van der Waals surface area contributed by atoms with Crippen LogP contribution in [0.15, 0.2) is 29.2 Å². The number of unbranched alkanes of at least 4 members (excludes halogenated alkanes) is 1. The minimum Gasteiger partial charge on any atom is -0.372 e. The summed E-state index contributed by atoms with van der Waals surface area (Å²) >= 11 is 0. The summed E-state index contributed by atoms with van der Waals surface area (Å²) in [5.74, 6) is -1.60. The standard InChI is InChI=1S/C29H46N4O11S/c1-7-31(8-2)27(34)30-15-17-32(45(37,38)22-14-10-9-13-20(22)33(35)36)16-11-12-18-39-24-23(21-19-40-28(3,4)42-21)41-26-25(24)43-29(5,6)44-26/h9-10,13-14,21,23-26H,7-8,11-12,15-19H2,1-6H3,(H,30,34). The minimum absolute atomic E-state index is 0.0305. The van der Waals surface area contributed by atoms with Gasteiger partial charge in [-0.05, 0) is 60.5 Å². The Bertz CT molecular complexity index is 1290. The van der Waals surface area contributed by atoms with E-state index in [1.807, 2.05) is 27.7 Å². The van der Waals surface area contributed by atoms with Gasteiger partial charge in [0, 0.05) is 45.4 Å². The molecule has 3 aliphatic rings. The monoisotopic (exact) mass is 658 g/mol. The first kappa shape index (κ1) is 35.4. The largest absolute Gasteiger partial charge is 0.372 e. The van der Waals surface area contributed by atoms with Crippen molar-refractivity contribution in [3.63, 3.8) is 0 Å². The lowest BCUT2D eigenvalue weighted by molar-refractivity contribution is -0.387. The lowest BCUT2D eigenvalue weighted by Gasteiger charge is -2.29. The van der Waals surface area contributed by atoms with Crippen LogP contribution in [0, 0.1) is 10.1 Å². The van der Waals surface area contributed by atoms with E-state index in [0.717, 1.165) is 10.4 Å². The highest BCUT2D eigenvalue weighted by Gasteiger charge is 2.58. The number of para-hydroxylation sites is 1. The molecular weight excluding hydrogens is 612 g/mol. The molecule has 4 rings (SSSR count). The lowest BCUT2D eigenvalue weighted by Crippen LogP contribution is -2.44. The molecule has 0 saturated carbocycles. The summed E-state index contributed by atoms with van der Waals surface area (Å²) in [6, 6.07) is 4.92. The summed E-state index contributed by atoms with van der Waals surface area (Å²) in [6.07, 6.45) is -1.66. The molecule has 45 heavy (non-hydrogen) atoms. The number of carbonyl (C=O) groups is 1. The second-order valence-corrected chi connectivity index (χ2v) is 13.9. The Morgan fingerprint density at radius 3 is 2.40 bits per heavy atom. The summed E-state index contributed by atoms with van der Waals surface area (Å²) in [5.41, 5.74) is -0.511. The average Bonchev–Trinajstić information content (AvgIpc) is 3.60. The molecule has 254 valence electrons. The molecule has 2 amide bonds. The highest BCUT2D eigenvalue weighted by atomic mass is 32.2. The van der Waals surface area contributed by atoms with Crippen LogP contribution in [-0.2, 0) is 38.4 Å². The van der Waals surface area contributed by atoms with Gasteiger partial charge in [0.05, 0.1) is 11.5 Å². The Kier molecular flexibility index (Phi) is 11.4. The summed E-state index contributed by atoms with van der Waals surface area (Å²) in [6.45, 7) is 12.5. The third kappa shape index (κ3) is 8.48. The Balaban J connectivity index is 1.40. The molecule has 3 aliphatic heterocycles. The summed E-state index contributed by atoms with van der Waals surface area (Å²) in [4.78, 5) is 24.5. The number of amides is 2. The van der Waals surface area contributed by atoms with E-state index in [-0.39, 0.29) is 38.4 Å². The van der Waals surface area contributed by atoms with Gasteiger partial charge in [0.15, 0.2) is 22.8 Å². The number of nitrogens with zero attached hydrogens (tertiary/aromatic N) is 3. The van der Waals surface area contributed by atoms with Crippen molar-refractivity contribution in [2.75, 3.05) is 45.9 Å². The Morgan fingerprint density at radius 2 is 1.76 bits per heavy atom. The Morgan fingerprint density at radius 1 is 1.04 bits per heavy atom. The number of urea groups is 1. The molecule has 0 aliphatic carbocycles. The zero-order valence-electron chi connectivity index (χ0n) is 26.8. The molecule has 1 aromatic rings. The van der Waals surface area contributed by atoms with Crippen molar-refractivity contribution >= 4 is 21.7 Å². The predicted octanol–water partition coefficient (Wildman–Crippen LogP) is 2.83. The van der Waals surface area contributed by atoms with Crippen LogP contribution in [0.4, 0.5) is 10.5 Å². The predicted molar refractivity (Wildman–Crippen MR) is 161 cm³/mol. The Hall–Kier alpha value is -2.44. The molecule has 0 radical (unpaired) electrons. The fraction of sp³-hybridized carbons (Fsp3) is 0.759. The van der Waals surface area contributed by atoms with E-state index in [1.165, 1.54) is 18.2 Å². The number of rotatable bonds is 15. The number of fused-ring (bicyclic) bond motifs is 1. The lowest BCUT2D eigenvalue weighted by atomic mass is 10.1. The molecule has 1 N–H and O–H groups in total. The molecule has 0 spiro atoms. The highest BCUT2D eigenvalue weighted by Crippen LogP contribution is 2.42. The average molecular weight is 659 g/mol. The van der Waals surface area contributed by atoms with E-state index >= 15 is 0 Å². The van der Waals surface area contributed by atoms with E-state index < -0.39 is 61.7 Å². The fourth-order valence-corrected chi connectivity index (χ4v) is 7.34. The molecule has 5 unspecified atom stereocenters. The maximum atomic E-state index is 13.7. The van der Waals surface area contributed by atoms with Gasteiger partial charge in [-0.25, -0.2) is 13.2 Å². The zero-order valence-corrected chi connectivity index (χ0v) is 27.6. The van der Waals surface area contributed by atoms with Gasteiger partial charge < -0.3 is 38.6 Å². The first-order chi connectivity index (χ1) is 21.2. The smallest absolute Gasteiger partial charge is 0.317 e. The second-order valence-electron chi connectivity index (χ2n) is 12.0. The summed E-state index contributed by atoms with van der Waals surface area (Å²) in [5, 5.41) is 14.4. The van der Waals surface area contributed by atoms with Gasteiger partial charge in [0.2, 0.25) is 10.0 Å². The normalized spacial score (nSPS) is 27.0. The molecule has 5 atom stereocenters. The van der Waals surface area contributed by atoms with Gasteiger partial charge in [-0.2, -0.15) is 4.31 Å². The van der Waals surface area contributed by atoms with E-state index in [2.05, 4.69) is 5.32 Å². The second kappa shape index (κ2) is 14.5. The Labute approximate surface area is 264 Å². The van der Waals surface area contributed by atoms with Crippen molar-refractivity contribution in [2.24, 2.45) is 0 Å². The molecular formula is C29H46N4O11S. The molecule has 16 heteroatoms. The maximum Gasteiger partial charge on any atom is 0.317 e. The molecule has 15 nitrogen and oxygen atoms in total. The topological polar surface area (TPSA) is 168 Å². The third-order valence-electron chi connectivity index (χ3n) is 7.90. The number of nitro groups is 1. The quantitative estimate of drug-likeness (QED) is 0.167. The SMILES string of the molecule is CCN(CC)C(=O)NCCN(CCCCOC1C(C2COC(C)(C)O2)OC2OC(C)(C)OC21)S(=O)(=O)c1ccccc1[N+](=O)[O-]. The van der Waals surface area contributed by atoms with Crippen LogP contribution in [0.2, 0.25) is 0 Å². The van der Waals surface area contributed by atoms with E-state index in [0.29, 0.717) is 32.5 Å². The van der Waals surface area contributed by atoms with Crippen molar-refractivity contribution in [3.8, 4) is 0 Å². The van der Waals surface area contributed by atoms with Crippen LogP contribution in [0.3, 0.4) is 0 Å². The zero-order chi connectivity index (χ0) is 33.0. The van der Waals surface area contributed by atoms with Gasteiger partial charge in [-0.3, -0.25) is 10.1 Å². The van der Waals surface area contributed by atoms with E-state index in [9.17, 15) is 23.3 Å². The van der Waals surface area contributed by atoms with Crippen LogP contribution in [0.5, 0.6) is 0 Å². The summed E-state index contributed by atoms with van der Waals surface area (Å²) < 4.78 is 64.8. The van der Waals surface area contributed by atoms with Crippen LogP contribution < -0.4 is 5.32 Å².